The lowest BCUT2D eigenvalue weighted by Crippen LogP contribution is -2.46. The minimum Gasteiger partial charge on any atom is -0.387 e. The zero-order valence-electron chi connectivity index (χ0n) is 20.6. The largest absolute Gasteiger partial charge is 0.387 e. The number of aliphatic hydroxyl groups is 1. The molecule has 0 unspecified atom stereocenters. The van der Waals surface area contributed by atoms with Crippen LogP contribution in [0.4, 0.5) is 21.7 Å². The Hall–Kier alpha value is -3.53. The lowest BCUT2D eigenvalue weighted by Gasteiger charge is -2.37. The number of aromatic nitrogens is 4. The fourth-order valence-electron chi connectivity index (χ4n) is 4.32. The molecule has 1 amide bonds. The van der Waals surface area contributed by atoms with Gasteiger partial charge in [-0.2, -0.15) is 5.10 Å². The standard InChI is InChI=1S/C25H32FN7O2/c1-16(2)33-14-18(13-28-33)24-17(3)12-27-25(30-24)29-19-5-6-22(21(26)11-19)32-9-7-20(8-10-32)31(4)23(35)15-34/h5-6,11-14,16,20,34H,7-10,15H2,1-4H3,(H,27,29,30). The van der Waals surface area contributed by atoms with Gasteiger partial charge in [0.2, 0.25) is 11.9 Å². The minimum absolute atomic E-state index is 0.0513. The number of aryl methyl sites for hydroxylation is 1. The predicted octanol–water partition coefficient (Wildman–Crippen LogP) is 3.53. The molecule has 2 aromatic heterocycles. The molecule has 1 saturated heterocycles. The predicted molar refractivity (Wildman–Crippen MR) is 133 cm³/mol. The number of nitrogens with zero attached hydrogens (tertiary/aromatic N) is 6. The van der Waals surface area contributed by atoms with Gasteiger partial charge in [-0.05, 0) is 57.4 Å². The van der Waals surface area contributed by atoms with Crippen LogP contribution in [0, 0.1) is 12.7 Å². The molecule has 1 aliphatic rings. The number of hydrogen-bond donors (Lipinski definition) is 2. The molecule has 0 aliphatic carbocycles. The summed E-state index contributed by atoms with van der Waals surface area (Å²) >= 11 is 0. The Labute approximate surface area is 204 Å². The third-order valence-corrected chi connectivity index (χ3v) is 6.46. The van der Waals surface area contributed by atoms with Gasteiger partial charge in [0.15, 0.2) is 0 Å². The molecule has 1 aromatic carbocycles. The molecule has 1 aliphatic heterocycles. The van der Waals surface area contributed by atoms with Crippen molar-refractivity contribution in [2.75, 3.05) is 37.0 Å². The van der Waals surface area contributed by atoms with Crippen LogP contribution in [0.5, 0.6) is 0 Å². The van der Waals surface area contributed by atoms with Crippen molar-refractivity contribution in [3.05, 3.63) is 48.2 Å². The molecule has 0 radical (unpaired) electrons. The zero-order valence-corrected chi connectivity index (χ0v) is 20.6. The van der Waals surface area contributed by atoms with E-state index >= 15 is 4.39 Å². The smallest absolute Gasteiger partial charge is 0.248 e. The average molecular weight is 482 g/mol. The van der Waals surface area contributed by atoms with Crippen LogP contribution >= 0.6 is 0 Å². The van der Waals surface area contributed by atoms with Crippen molar-refractivity contribution in [3.8, 4) is 11.3 Å². The molecule has 2 N–H and O–H groups in total. The quantitative estimate of drug-likeness (QED) is 0.533. The van der Waals surface area contributed by atoms with Crippen molar-refractivity contribution in [3.63, 3.8) is 0 Å². The summed E-state index contributed by atoms with van der Waals surface area (Å²) in [6, 6.07) is 5.31. The lowest BCUT2D eigenvalue weighted by molar-refractivity contribution is -0.135. The van der Waals surface area contributed by atoms with Crippen LogP contribution < -0.4 is 10.2 Å². The van der Waals surface area contributed by atoms with Crippen molar-refractivity contribution in [2.45, 2.75) is 45.7 Å². The number of rotatable bonds is 7. The first kappa shape index (κ1) is 24.6. The molecule has 3 aromatic rings. The van der Waals surface area contributed by atoms with Crippen LogP contribution in [0.25, 0.3) is 11.3 Å². The molecule has 186 valence electrons. The average Bonchev–Trinajstić information content (AvgIpc) is 3.35. The second kappa shape index (κ2) is 10.4. The molecular weight excluding hydrogens is 449 g/mol. The number of aliphatic hydroxyl groups excluding tert-OH is 1. The molecule has 3 heterocycles. The third kappa shape index (κ3) is 5.43. The van der Waals surface area contributed by atoms with Crippen molar-refractivity contribution in [1.29, 1.82) is 0 Å². The number of benzene rings is 1. The first-order valence-electron chi connectivity index (χ1n) is 11.8. The first-order valence-corrected chi connectivity index (χ1v) is 11.8. The maximum Gasteiger partial charge on any atom is 0.248 e. The van der Waals surface area contributed by atoms with E-state index in [2.05, 4.69) is 34.2 Å². The van der Waals surface area contributed by atoms with E-state index in [9.17, 15) is 4.79 Å². The van der Waals surface area contributed by atoms with Crippen LogP contribution in [0.2, 0.25) is 0 Å². The highest BCUT2D eigenvalue weighted by Crippen LogP contribution is 2.29. The van der Waals surface area contributed by atoms with Crippen LogP contribution in [0.15, 0.2) is 36.8 Å². The maximum absolute atomic E-state index is 15.0. The summed E-state index contributed by atoms with van der Waals surface area (Å²) in [6.45, 7) is 6.84. The van der Waals surface area contributed by atoms with E-state index in [1.807, 2.05) is 28.8 Å². The Balaban J connectivity index is 1.45. The van der Waals surface area contributed by atoms with Gasteiger partial charge in [0.1, 0.15) is 12.4 Å². The van der Waals surface area contributed by atoms with Gasteiger partial charge >= 0.3 is 0 Å². The van der Waals surface area contributed by atoms with Crippen LogP contribution in [0.3, 0.4) is 0 Å². The number of amides is 1. The van der Waals surface area contributed by atoms with Gasteiger partial charge in [-0.3, -0.25) is 9.48 Å². The lowest BCUT2D eigenvalue weighted by atomic mass is 10.0. The van der Waals surface area contributed by atoms with E-state index in [1.165, 1.54) is 6.07 Å². The van der Waals surface area contributed by atoms with Gasteiger partial charge in [0, 0.05) is 55.9 Å². The van der Waals surface area contributed by atoms with Gasteiger partial charge in [-0.1, -0.05) is 0 Å². The number of likely N-dealkylation sites (N-methyl/N-ethyl adjacent to an activating group) is 1. The number of anilines is 3. The molecule has 1 fully saturated rings. The summed E-state index contributed by atoms with van der Waals surface area (Å²) in [7, 11) is 1.70. The first-order chi connectivity index (χ1) is 16.8. The van der Waals surface area contributed by atoms with E-state index in [0.29, 0.717) is 30.4 Å². The summed E-state index contributed by atoms with van der Waals surface area (Å²) in [6.07, 6.45) is 6.92. The maximum atomic E-state index is 15.0. The van der Waals surface area contributed by atoms with E-state index < -0.39 is 6.61 Å². The van der Waals surface area contributed by atoms with Gasteiger partial charge in [0.25, 0.3) is 0 Å². The normalized spacial score (nSPS) is 14.4. The number of carbonyl (C=O) groups excluding carboxylic acids is 1. The Morgan fingerprint density at radius 3 is 2.66 bits per heavy atom. The molecule has 10 heteroatoms. The van der Waals surface area contributed by atoms with E-state index in [0.717, 1.165) is 29.7 Å². The van der Waals surface area contributed by atoms with Crippen molar-refractivity contribution in [1.82, 2.24) is 24.6 Å². The highest BCUT2D eigenvalue weighted by molar-refractivity contribution is 5.77. The van der Waals surface area contributed by atoms with E-state index in [-0.39, 0.29) is 23.8 Å². The molecule has 0 spiro atoms. The third-order valence-electron chi connectivity index (χ3n) is 6.46. The summed E-state index contributed by atoms with van der Waals surface area (Å²) in [5.74, 6) is -0.244. The Morgan fingerprint density at radius 1 is 1.29 bits per heavy atom. The van der Waals surface area contributed by atoms with Gasteiger partial charge < -0.3 is 20.2 Å². The highest BCUT2D eigenvalue weighted by Gasteiger charge is 2.26. The Morgan fingerprint density at radius 2 is 2.03 bits per heavy atom. The molecule has 4 rings (SSSR count). The minimum atomic E-state index is -0.492. The van der Waals surface area contributed by atoms with Gasteiger partial charge in [-0.25, -0.2) is 14.4 Å². The van der Waals surface area contributed by atoms with Gasteiger partial charge in [-0.15, -0.1) is 0 Å². The molecule has 35 heavy (non-hydrogen) atoms. The van der Waals surface area contributed by atoms with E-state index in [1.54, 1.807) is 30.4 Å². The highest BCUT2D eigenvalue weighted by atomic mass is 19.1. The topological polar surface area (TPSA) is 99.4 Å². The summed E-state index contributed by atoms with van der Waals surface area (Å²) < 4.78 is 16.9. The van der Waals surface area contributed by atoms with Crippen LogP contribution in [-0.4, -0.2) is 68.4 Å². The zero-order chi connectivity index (χ0) is 25.1. The Kier molecular flexibility index (Phi) is 7.30. The number of hydrogen-bond acceptors (Lipinski definition) is 7. The second-order valence-corrected chi connectivity index (χ2v) is 9.20. The van der Waals surface area contributed by atoms with E-state index in [4.69, 9.17) is 5.11 Å². The molecule has 0 bridgehead atoms. The fraction of sp³-hybridized carbons (Fsp3) is 0.440. The van der Waals surface area contributed by atoms with Crippen molar-refractivity contribution >= 4 is 23.2 Å². The summed E-state index contributed by atoms with van der Waals surface area (Å²) in [5, 5.41) is 16.6. The van der Waals surface area contributed by atoms with Gasteiger partial charge in [0.05, 0.1) is 17.6 Å². The van der Waals surface area contributed by atoms with Crippen molar-refractivity contribution < 1.29 is 14.3 Å². The number of piperidine rings is 1. The van der Waals surface area contributed by atoms with Crippen molar-refractivity contribution in [2.24, 2.45) is 0 Å². The summed E-state index contributed by atoms with van der Waals surface area (Å²) in [4.78, 5) is 24.3. The Bertz CT molecular complexity index is 1190. The fourth-order valence-corrected chi connectivity index (χ4v) is 4.32. The second-order valence-electron chi connectivity index (χ2n) is 9.20. The monoisotopic (exact) mass is 481 g/mol. The van der Waals surface area contributed by atoms with Crippen LogP contribution in [0.1, 0.15) is 38.3 Å². The number of halogens is 1. The molecule has 9 nitrogen and oxygen atoms in total. The number of carbonyl (C=O) groups is 1. The summed E-state index contributed by atoms with van der Waals surface area (Å²) in [5.41, 5.74) is 3.69. The molecule has 0 atom stereocenters. The van der Waals surface area contributed by atoms with Crippen LogP contribution in [-0.2, 0) is 4.79 Å². The SMILES string of the molecule is Cc1cnc(Nc2ccc(N3CCC(N(C)C(=O)CO)CC3)c(F)c2)nc1-c1cnn(C(C)C)c1. The molecular formula is C25H32FN7O2. The number of nitrogens with one attached hydrogen (secondary N) is 1. The molecule has 0 saturated carbocycles.